The Morgan fingerprint density at radius 1 is 0.750 bits per heavy atom. The second kappa shape index (κ2) is 7.54. The van der Waals surface area contributed by atoms with Crippen molar-refractivity contribution in [2.75, 3.05) is 0 Å². The van der Waals surface area contributed by atoms with Crippen molar-refractivity contribution < 1.29 is 29.7 Å². The summed E-state index contributed by atoms with van der Waals surface area (Å²) >= 11 is 0. The van der Waals surface area contributed by atoms with E-state index in [1.54, 1.807) is 0 Å². The molecule has 96 valence electrons. The summed E-state index contributed by atoms with van der Waals surface area (Å²) in [7, 11) is 0. The topological polar surface area (TPSA) is 112 Å². The second-order valence-electron chi connectivity index (χ2n) is 2.99. The van der Waals surface area contributed by atoms with Crippen molar-refractivity contribution in [3.05, 3.63) is 0 Å². The van der Waals surface area contributed by atoms with E-state index in [0.717, 1.165) is 0 Å². The molecular formula is C7H11Cl3O6. The Bertz CT molecular complexity index is 261. The van der Waals surface area contributed by atoms with Crippen molar-refractivity contribution in [3.8, 4) is 0 Å². The van der Waals surface area contributed by atoms with Crippen molar-refractivity contribution in [1.29, 1.82) is 0 Å². The highest BCUT2D eigenvalue weighted by molar-refractivity contribution is 5.88. The van der Waals surface area contributed by atoms with Crippen molar-refractivity contribution in [2.45, 2.75) is 6.42 Å². The van der Waals surface area contributed by atoms with Gasteiger partial charge in [-0.1, -0.05) is 0 Å². The second-order valence-corrected chi connectivity index (χ2v) is 2.99. The predicted molar refractivity (Wildman–Crippen MR) is 59.7 cm³/mol. The van der Waals surface area contributed by atoms with Gasteiger partial charge in [-0.2, -0.15) is 0 Å². The van der Waals surface area contributed by atoms with Crippen LogP contribution in [0.1, 0.15) is 6.42 Å². The fourth-order valence-corrected chi connectivity index (χ4v) is 1.50. The molecule has 1 aliphatic rings. The summed E-state index contributed by atoms with van der Waals surface area (Å²) in [6, 6.07) is 0. The fourth-order valence-electron chi connectivity index (χ4n) is 1.50. The van der Waals surface area contributed by atoms with Crippen LogP contribution in [0.5, 0.6) is 0 Å². The molecule has 0 aliphatic heterocycles. The summed E-state index contributed by atoms with van der Waals surface area (Å²) in [4.78, 5) is 31.3. The summed E-state index contributed by atoms with van der Waals surface area (Å²) in [6.45, 7) is 0. The molecular weight excluding hydrogens is 286 g/mol. The van der Waals surface area contributed by atoms with Gasteiger partial charge in [0.15, 0.2) is 0 Å². The molecule has 0 radical (unpaired) electrons. The Hall–Kier alpha value is -0.720. The van der Waals surface area contributed by atoms with Gasteiger partial charge in [-0.15, -0.1) is 37.2 Å². The van der Waals surface area contributed by atoms with E-state index in [0.29, 0.717) is 0 Å². The van der Waals surface area contributed by atoms with Gasteiger partial charge in [0.1, 0.15) is 0 Å². The Balaban J connectivity index is -0.000000563. The monoisotopic (exact) mass is 296 g/mol. The SMILES string of the molecule is Cl.Cl.Cl.O=C(O)C1CC(C(=O)O)C1C(=O)O. The average molecular weight is 298 g/mol. The molecule has 0 aromatic rings. The van der Waals surface area contributed by atoms with E-state index in [-0.39, 0.29) is 43.6 Å². The number of rotatable bonds is 3. The first kappa shape index (κ1) is 20.7. The molecule has 0 bridgehead atoms. The normalized spacial score (nSPS) is 25.9. The number of carboxylic acids is 3. The van der Waals surface area contributed by atoms with Crippen LogP contribution in [-0.4, -0.2) is 33.2 Å². The van der Waals surface area contributed by atoms with E-state index in [1.807, 2.05) is 0 Å². The zero-order chi connectivity index (χ0) is 10.2. The molecule has 0 aromatic heterocycles. The number of hydrogen-bond donors (Lipinski definition) is 3. The van der Waals surface area contributed by atoms with Crippen LogP contribution >= 0.6 is 37.2 Å². The molecule has 1 rings (SSSR count). The molecule has 3 N–H and O–H groups in total. The lowest BCUT2D eigenvalue weighted by Gasteiger charge is -2.36. The lowest BCUT2D eigenvalue weighted by atomic mass is 9.64. The maximum atomic E-state index is 10.5. The molecule has 0 spiro atoms. The molecule has 6 nitrogen and oxygen atoms in total. The quantitative estimate of drug-likeness (QED) is 0.709. The predicted octanol–water partition coefficient (Wildman–Crippen LogP) is 0.758. The smallest absolute Gasteiger partial charge is 0.308 e. The minimum atomic E-state index is -1.36. The molecule has 1 aliphatic carbocycles. The number of halogens is 3. The van der Waals surface area contributed by atoms with Gasteiger partial charge in [-0.3, -0.25) is 14.4 Å². The summed E-state index contributed by atoms with van der Waals surface area (Å²) in [5, 5.41) is 25.5. The summed E-state index contributed by atoms with van der Waals surface area (Å²) < 4.78 is 0. The lowest BCUT2D eigenvalue weighted by molar-refractivity contribution is -0.174. The van der Waals surface area contributed by atoms with E-state index < -0.39 is 35.7 Å². The zero-order valence-electron chi connectivity index (χ0n) is 7.73. The average Bonchev–Trinajstić information content (AvgIpc) is 1.79. The molecule has 2 atom stereocenters. The van der Waals surface area contributed by atoms with Gasteiger partial charge >= 0.3 is 17.9 Å². The van der Waals surface area contributed by atoms with Gasteiger partial charge in [0.05, 0.1) is 17.8 Å². The maximum Gasteiger partial charge on any atom is 0.308 e. The molecule has 16 heavy (non-hydrogen) atoms. The van der Waals surface area contributed by atoms with Gasteiger partial charge in [-0.25, -0.2) is 0 Å². The molecule has 2 unspecified atom stereocenters. The van der Waals surface area contributed by atoms with Crippen molar-refractivity contribution in [2.24, 2.45) is 17.8 Å². The van der Waals surface area contributed by atoms with Crippen LogP contribution in [0.2, 0.25) is 0 Å². The van der Waals surface area contributed by atoms with Crippen LogP contribution in [0.4, 0.5) is 0 Å². The Kier molecular flexibility index (Phi) is 9.73. The van der Waals surface area contributed by atoms with Crippen LogP contribution in [0.3, 0.4) is 0 Å². The fraction of sp³-hybridized carbons (Fsp3) is 0.571. The number of carbonyl (C=O) groups is 3. The van der Waals surface area contributed by atoms with Crippen LogP contribution in [0, 0.1) is 17.8 Å². The minimum absolute atomic E-state index is 0. The minimum Gasteiger partial charge on any atom is -0.481 e. The third-order valence-electron chi connectivity index (χ3n) is 2.29. The third-order valence-corrected chi connectivity index (χ3v) is 2.29. The Labute approximate surface area is 109 Å². The first-order chi connectivity index (χ1) is 5.95. The molecule has 0 heterocycles. The van der Waals surface area contributed by atoms with Gasteiger partial charge in [-0.05, 0) is 6.42 Å². The molecule has 1 fully saturated rings. The number of hydrogen-bond acceptors (Lipinski definition) is 3. The van der Waals surface area contributed by atoms with Crippen molar-refractivity contribution in [3.63, 3.8) is 0 Å². The standard InChI is InChI=1S/C7H8O6.3ClH/c8-5(9)2-1-3(6(10)11)4(2)7(12)13;;;/h2-4H,1H2,(H,8,9)(H,10,11)(H,12,13);3*1H. The summed E-state index contributed by atoms with van der Waals surface area (Å²) in [6.07, 6.45) is -0.0956. The molecule has 1 saturated carbocycles. The largest absolute Gasteiger partial charge is 0.481 e. The van der Waals surface area contributed by atoms with E-state index in [2.05, 4.69) is 0 Å². The highest BCUT2D eigenvalue weighted by Crippen LogP contribution is 2.40. The van der Waals surface area contributed by atoms with E-state index in [4.69, 9.17) is 15.3 Å². The maximum absolute atomic E-state index is 10.5. The van der Waals surface area contributed by atoms with Crippen molar-refractivity contribution in [1.82, 2.24) is 0 Å². The van der Waals surface area contributed by atoms with Crippen LogP contribution < -0.4 is 0 Å². The lowest BCUT2D eigenvalue weighted by Crippen LogP contribution is -2.49. The summed E-state index contributed by atoms with van der Waals surface area (Å²) in [5.41, 5.74) is 0. The van der Waals surface area contributed by atoms with Crippen LogP contribution in [0.25, 0.3) is 0 Å². The van der Waals surface area contributed by atoms with E-state index in [9.17, 15) is 14.4 Å². The van der Waals surface area contributed by atoms with Crippen LogP contribution in [-0.2, 0) is 14.4 Å². The van der Waals surface area contributed by atoms with Crippen molar-refractivity contribution >= 4 is 55.1 Å². The third kappa shape index (κ3) is 3.70. The number of carboxylic acid groups (broad SMARTS) is 3. The number of aliphatic carboxylic acids is 3. The van der Waals surface area contributed by atoms with E-state index in [1.165, 1.54) is 0 Å². The first-order valence-corrected chi connectivity index (χ1v) is 3.63. The highest BCUT2D eigenvalue weighted by Gasteiger charge is 2.53. The van der Waals surface area contributed by atoms with Gasteiger partial charge in [0.2, 0.25) is 0 Å². The molecule has 9 heteroatoms. The van der Waals surface area contributed by atoms with Crippen LogP contribution in [0.15, 0.2) is 0 Å². The summed E-state index contributed by atoms with van der Waals surface area (Å²) in [5.74, 6) is -7.24. The molecule has 0 saturated heterocycles. The van der Waals surface area contributed by atoms with E-state index >= 15 is 0 Å². The Morgan fingerprint density at radius 2 is 1.06 bits per heavy atom. The first-order valence-electron chi connectivity index (χ1n) is 3.63. The molecule has 0 aromatic carbocycles. The van der Waals surface area contributed by atoms with Gasteiger partial charge in [0.25, 0.3) is 0 Å². The Morgan fingerprint density at radius 3 is 1.25 bits per heavy atom. The molecule has 0 amide bonds. The highest BCUT2D eigenvalue weighted by atomic mass is 35.5. The zero-order valence-corrected chi connectivity index (χ0v) is 10.2. The van der Waals surface area contributed by atoms with Gasteiger partial charge < -0.3 is 15.3 Å². The van der Waals surface area contributed by atoms with Gasteiger partial charge in [0, 0.05) is 0 Å².